The lowest BCUT2D eigenvalue weighted by atomic mass is 10.0. The highest BCUT2D eigenvalue weighted by Crippen LogP contribution is 2.23. The van der Waals surface area contributed by atoms with E-state index >= 15 is 0 Å². The van der Waals surface area contributed by atoms with Gasteiger partial charge in [0.05, 0.1) is 25.5 Å². The highest BCUT2D eigenvalue weighted by atomic mass is 32.2. The van der Waals surface area contributed by atoms with Gasteiger partial charge in [0.2, 0.25) is 0 Å². The van der Waals surface area contributed by atoms with E-state index in [0.29, 0.717) is 5.56 Å². The molecule has 0 aromatic heterocycles. The molecule has 0 spiro atoms. The number of hydrogen-bond acceptors (Lipinski definition) is 8. The van der Waals surface area contributed by atoms with Gasteiger partial charge < -0.3 is 9.47 Å². The topological polar surface area (TPSA) is 108 Å². The second-order valence-electron chi connectivity index (χ2n) is 5.50. The van der Waals surface area contributed by atoms with Crippen LogP contribution in [0.15, 0.2) is 30.3 Å². The third kappa shape index (κ3) is 7.11. The summed E-state index contributed by atoms with van der Waals surface area (Å²) in [5.74, 6) is -1.38. The number of benzene rings is 1. The van der Waals surface area contributed by atoms with Crippen molar-refractivity contribution in [3.8, 4) is 0 Å². The van der Waals surface area contributed by atoms with Gasteiger partial charge in [-0.25, -0.2) is 4.79 Å². The van der Waals surface area contributed by atoms with Crippen LogP contribution in [-0.2, 0) is 33.4 Å². The molecule has 0 radical (unpaired) electrons. The molecule has 0 aliphatic carbocycles. The van der Waals surface area contributed by atoms with Crippen LogP contribution in [0.5, 0.6) is 0 Å². The Hall–Kier alpha value is -1.97. The van der Waals surface area contributed by atoms with Gasteiger partial charge in [0.25, 0.3) is 10.1 Å². The molecule has 0 amide bonds. The van der Waals surface area contributed by atoms with Gasteiger partial charge in [-0.05, 0) is 26.3 Å². The van der Waals surface area contributed by atoms with Crippen LogP contribution in [0, 0.1) is 0 Å². The van der Waals surface area contributed by atoms with Crippen LogP contribution in [0.2, 0.25) is 0 Å². The fourth-order valence-corrected chi connectivity index (χ4v) is 2.83. The van der Waals surface area contributed by atoms with E-state index in [1.54, 1.807) is 51.1 Å². The summed E-state index contributed by atoms with van der Waals surface area (Å²) in [5, 5.41) is 2.92. The Morgan fingerprint density at radius 2 is 1.58 bits per heavy atom. The molecule has 1 rings (SSSR count). The first-order chi connectivity index (χ1) is 12.2. The first kappa shape index (κ1) is 22.1. The van der Waals surface area contributed by atoms with E-state index in [2.05, 4.69) is 5.32 Å². The van der Waals surface area contributed by atoms with Crippen LogP contribution in [0.25, 0.3) is 0 Å². The molecule has 3 atom stereocenters. The van der Waals surface area contributed by atoms with E-state index in [1.165, 1.54) is 0 Å². The third-order valence-corrected chi connectivity index (χ3v) is 3.89. The minimum Gasteiger partial charge on any atom is -0.465 e. The third-order valence-electron chi connectivity index (χ3n) is 3.33. The van der Waals surface area contributed by atoms with Crippen molar-refractivity contribution in [1.29, 1.82) is 0 Å². The number of ether oxygens (including phenoxy) is 2. The zero-order valence-electron chi connectivity index (χ0n) is 15.3. The van der Waals surface area contributed by atoms with Crippen molar-refractivity contribution >= 4 is 22.1 Å². The van der Waals surface area contributed by atoms with Crippen LogP contribution in [0.4, 0.5) is 0 Å². The van der Waals surface area contributed by atoms with E-state index < -0.39 is 40.2 Å². The summed E-state index contributed by atoms with van der Waals surface area (Å²) < 4.78 is 38.2. The van der Waals surface area contributed by atoms with E-state index in [-0.39, 0.29) is 13.2 Å². The van der Waals surface area contributed by atoms with Gasteiger partial charge in [-0.15, -0.1) is 0 Å². The van der Waals surface area contributed by atoms with Gasteiger partial charge in [0.15, 0.2) is 6.10 Å². The Labute approximate surface area is 153 Å². The number of hydrogen-bond donors (Lipinski definition) is 1. The molecule has 8 nitrogen and oxygen atoms in total. The lowest BCUT2D eigenvalue weighted by molar-refractivity contribution is -0.154. The standard InChI is InChI=1S/C17H25NO7S/c1-5-23-16(19)12(3)18-14(13-10-8-7-9-11-13)15(17(20)24-6-2)25-26(4,21)22/h7-12,14-15,18H,5-6H2,1-4H3/t12?,14-,15-/m1/s1. The molecule has 1 N–H and O–H groups in total. The molecule has 1 aromatic carbocycles. The average Bonchev–Trinajstić information content (AvgIpc) is 2.58. The fourth-order valence-electron chi connectivity index (χ4n) is 2.27. The highest BCUT2D eigenvalue weighted by Gasteiger charge is 2.36. The van der Waals surface area contributed by atoms with Gasteiger partial charge >= 0.3 is 11.9 Å². The van der Waals surface area contributed by atoms with E-state index in [9.17, 15) is 18.0 Å². The van der Waals surface area contributed by atoms with E-state index in [0.717, 1.165) is 6.26 Å². The second kappa shape index (κ2) is 10.2. The minimum absolute atomic E-state index is 0.0530. The Balaban J connectivity index is 3.24. The summed E-state index contributed by atoms with van der Waals surface area (Å²) in [4.78, 5) is 24.3. The number of carbonyl (C=O) groups is 2. The molecular formula is C17H25NO7S. The molecule has 0 saturated heterocycles. The number of rotatable bonds is 10. The van der Waals surface area contributed by atoms with Gasteiger partial charge in [0, 0.05) is 0 Å². The molecule has 0 heterocycles. The summed E-state index contributed by atoms with van der Waals surface area (Å²) in [6, 6.07) is 6.85. The van der Waals surface area contributed by atoms with E-state index in [4.69, 9.17) is 13.7 Å². The van der Waals surface area contributed by atoms with Crippen LogP contribution >= 0.6 is 0 Å². The van der Waals surface area contributed by atoms with Gasteiger partial charge in [-0.1, -0.05) is 30.3 Å². The molecule has 0 bridgehead atoms. The largest absolute Gasteiger partial charge is 0.465 e. The fraction of sp³-hybridized carbons (Fsp3) is 0.529. The molecule has 1 aromatic rings. The van der Waals surface area contributed by atoms with Crippen molar-refractivity contribution in [3.05, 3.63) is 35.9 Å². The van der Waals surface area contributed by atoms with Gasteiger partial charge in [-0.2, -0.15) is 8.42 Å². The maximum Gasteiger partial charge on any atom is 0.338 e. The minimum atomic E-state index is -3.96. The van der Waals surface area contributed by atoms with Crippen LogP contribution < -0.4 is 5.32 Å². The first-order valence-electron chi connectivity index (χ1n) is 8.22. The molecular weight excluding hydrogens is 362 g/mol. The Kier molecular flexibility index (Phi) is 8.70. The van der Waals surface area contributed by atoms with Crippen molar-refractivity contribution in [2.24, 2.45) is 0 Å². The summed E-state index contributed by atoms with van der Waals surface area (Å²) in [6.45, 7) is 5.07. The number of esters is 2. The number of carbonyl (C=O) groups excluding carboxylic acids is 2. The van der Waals surface area contributed by atoms with Crippen molar-refractivity contribution in [1.82, 2.24) is 5.32 Å². The summed E-state index contributed by atoms with van der Waals surface area (Å²) in [5.41, 5.74) is 0.561. The maximum atomic E-state index is 12.3. The summed E-state index contributed by atoms with van der Waals surface area (Å²) in [6.07, 6.45) is -0.653. The zero-order chi connectivity index (χ0) is 19.7. The maximum absolute atomic E-state index is 12.3. The van der Waals surface area contributed by atoms with Crippen molar-refractivity contribution in [3.63, 3.8) is 0 Å². The predicted octanol–water partition coefficient (Wildman–Crippen LogP) is 1.18. The molecule has 9 heteroatoms. The molecule has 0 aliphatic heterocycles. The van der Waals surface area contributed by atoms with Gasteiger partial charge in [0.1, 0.15) is 6.04 Å². The quantitative estimate of drug-likeness (QED) is 0.471. The molecule has 0 aliphatic rings. The highest BCUT2D eigenvalue weighted by molar-refractivity contribution is 7.86. The first-order valence-corrected chi connectivity index (χ1v) is 10.0. The van der Waals surface area contributed by atoms with E-state index in [1.807, 2.05) is 0 Å². The lowest BCUT2D eigenvalue weighted by Crippen LogP contribution is -2.47. The Morgan fingerprint density at radius 3 is 2.08 bits per heavy atom. The SMILES string of the molecule is CCOC(=O)C(C)N[C@H](c1ccccc1)[C@@H](OS(C)(=O)=O)C(=O)OCC. The van der Waals surface area contributed by atoms with Crippen molar-refractivity contribution in [2.75, 3.05) is 19.5 Å². The average molecular weight is 387 g/mol. The lowest BCUT2D eigenvalue weighted by Gasteiger charge is -2.28. The molecule has 0 fully saturated rings. The number of nitrogens with one attached hydrogen (secondary N) is 1. The molecule has 0 saturated carbocycles. The van der Waals surface area contributed by atoms with Crippen LogP contribution in [0.3, 0.4) is 0 Å². The second-order valence-corrected chi connectivity index (χ2v) is 7.10. The zero-order valence-corrected chi connectivity index (χ0v) is 16.1. The Bertz CT molecular complexity index is 690. The van der Waals surface area contributed by atoms with Crippen LogP contribution in [0.1, 0.15) is 32.4 Å². The monoisotopic (exact) mass is 387 g/mol. The van der Waals surface area contributed by atoms with Crippen molar-refractivity contribution < 1.29 is 31.7 Å². The smallest absolute Gasteiger partial charge is 0.338 e. The Morgan fingerprint density at radius 1 is 1.04 bits per heavy atom. The molecule has 146 valence electrons. The van der Waals surface area contributed by atoms with Crippen LogP contribution in [-0.4, -0.2) is 52.0 Å². The summed E-state index contributed by atoms with van der Waals surface area (Å²) in [7, 11) is -3.96. The predicted molar refractivity (Wildman–Crippen MR) is 94.8 cm³/mol. The molecule has 1 unspecified atom stereocenters. The van der Waals surface area contributed by atoms with Gasteiger partial charge in [-0.3, -0.25) is 14.3 Å². The summed E-state index contributed by atoms with van der Waals surface area (Å²) >= 11 is 0. The normalized spacial score (nSPS) is 14.9. The molecule has 26 heavy (non-hydrogen) atoms. The van der Waals surface area contributed by atoms with Crippen molar-refractivity contribution in [2.45, 2.75) is 39.0 Å².